The predicted molar refractivity (Wildman–Crippen MR) is 101 cm³/mol. The Bertz CT molecular complexity index is 737. The summed E-state index contributed by atoms with van der Waals surface area (Å²) in [6, 6.07) is 4.09. The minimum Gasteiger partial charge on any atom is -0.393 e. The lowest BCUT2D eigenvalue weighted by molar-refractivity contribution is 0.134. The molecule has 2 atom stereocenters. The third kappa shape index (κ3) is 6.57. The van der Waals surface area contributed by atoms with Crippen molar-refractivity contribution in [2.45, 2.75) is 44.6 Å². The highest BCUT2D eigenvalue weighted by atomic mass is 32.2. The average molecular weight is 386 g/mol. The lowest BCUT2D eigenvalue weighted by atomic mass is 10.1. The van der Waals surface area contributed by atoms with Crippen molar-refractivity contribution in [2.75, 3.05) is 19.3 Å². The minimum absolute atomic E-state index is 0.142. The van der Waals surface area contributed by atoms with Crippen LogP contribution < -0.4 is 10.6 Å². The smallest absolute Gasteiger partial charge is 0.191 e. The molecular weight excluding hydrogens is 357 g/mol. The van der Waals surface area contributed by atoms with Gasteiger partial charge in [-0.05, 0) is 43.0 Å². The molecule has 1 aliphatic rings. The molecule has 0 spiro atoms. The molecule has 0 saturated heterocycles. The Hall–Kier alpha value is -1.67. The zero-order valence-corrected chi connectivity index (χ0v) is 16.2. The van der Waals surface area contributed by atoms with Crippen LogP contribution in [0.3, 0.4) is 0 Å². The predicted octanol–water partition coefficient (Wildman–Crippen LogP) is 1.59. The molecule has 8 heteroatoms. The fourth-order valence-electron chi connectivity index (χ4n) is 3.15. The monoisotopic (exact) mass is 385 g/mol. The molecule has 0 amide bonds. The molecule has 3 N–H and O–H groups in total. The summed E-state index contributed by atoms with van der Waals surface area (Å²) in [5.41, 5.74) is 1.10. The normalized spacial score (nSPS) is 21.0. The van der Waals surface area contributed by atoms with Crippen LogP contribution in [0.5, 0.6) is 0 Å². The van der Waals surface area contributed by atoms with Crippen molar-refractivity contribution in [1.29, 1.82) is 0 Å². The summed E-state index contributed by atoms with van der Waals surface area (Å²) >= 11 is 0. The number of guanidine groups is 1. The van der Waals surface area contributed by atoms with Crippen LogP contribution in [-0.4, -0.2) is 44.9 Å². The molecule has 0 radical (unpaired) electrons. The van der Waals surface area contributed by atoms with Gasteiger partial charge in [0.1, 0.15) is 5.82 Å². The molecule has 26 heavy (non-hydrogen) atoms. The largest absolute Gasteiger partial charge is 0.393 e. The SMILES string of the molecule is CCNC(=NCc1cc(F)ccc1CS(C)(=O)=O)NCC1CCCC1O. The van der Waals surface area contributed by atoms with Crippen LogP contribution in [0.2, 0.25) is 0 Å². The lowest BCUT2D eigenvalue weighted by Gasteiger charge is -2.18. The van der Waals surface area contributed by atoms with E-state index in [-0.39, 0.29) is 24.3 Å². The first-order chi connectivity index (χ1) is 12.3. The second-order valence-corrected chi connectivity index (χ2v) is 8.96. The molecule has 2 unspecified atom stereocenters. The number of sulfone groups is 1. The lowest BCUT2D eigenvalue weighted by Crippen LogP contribution is -2.41. The van der Waals surface area contributed by atoms with Crippen LogP contribution in [0, 0.1) is 11.7 Å². The number of nitrogens with one attached hydrogen (secondary N) is 2. The number of nitrogens with zero attached hydrogens (tertiary/aromatic N) is 1. The van der Waals surface area contributed by atoms with Gasteiger partial charge in [0.05, 0.1) is 18.4 Å². The fourth-order valence-corrected chi connectivity index (χ4v) is 4.00. The highest BCUT2D eigenvalue weighted by Crippen LogP contribution is 2.24. The molecule has 146 valence electrons. The van der Waals surface area contributed by atoms with E-state index >= 15 is 0 Å². The zero-order chi connectivity index (χ0) is 19.2. The van der Waals surface area contributed by atoms with Gasteiger partial charge < -0.3 is 15.7 Å². The maximum atomic E-state index is 13.6. The van der Waals surface area contributed by atoms with Gasteiger partial charge in [0.2, 0.25) is 0 Å². The van der Waals surface area contributed by atoms with E-state index in [2.05, 4.69) is 15.6 Å². The number of hydrogen-bond donors (Lipinski definition) is 3. The summed E-state index contributed by atoms with van der Waals surface area (Å²) < 4.78 is 36.8. The second-order valence-electron chi connectivity index (χ2n) is 6.82. The van der Waals surface area contributed by atoms with E-state index in [4.69, 9.17) is 0 Å². The summed E-state index contributed by atoms with van der Waals surface area (Å²) in [7, 11) is -3.22. The Morgan fingerprint density at radius 3 is 2.69 bits per heavy atom. The molecule has 1 fully saturated rings. The molecule has 1 saturated carbocycles. The highest BCUT2D eigenvalue weighted by molar-refractivity contribution is 7.89. The average Bonchev–Trinajstić information content (AvgIpc) is 2.96. The number of aliphatic imine (C=N–C) groups is 1. The van der Waals surface area contributed by atoms with Gasteiger partial charge >= 0.3 is 0 Å². The van der Waals surface area contributed by atoms with E-state index in [0.717, 1.165) is 25.5 Å². The van der Waals surface area contributed by atoms with E-state index in [1.165, 1.54) is 18.2 Å². The summed E-state index contributed by atoms with van der Waals surface area (Å²) in [6.07, 6.45) is 3.71. The van der Waals surface area contributed by atoms with Crippen LogP contribution >= 0.6 is 0 Å². The third-order valence-corrected chi connectivity index (χ3v) is 5.32. The van der Waals surface area contributed by atoms with Crippen molar-refractivity contribution in [3.63, 3.8) is 0 Å². The molecule has 1 aromatic carbocycles. The molecule has 6 nitrogen and oxygen atoms in total. The van der Waals surface area contributed by atoms with E-state index in [1.807, 2.05) is 6.92 Å². The highest BCUT2D eigenvalue weighted by Gasteiger charge is 2.25. The molecule has 0 aromatic heterocycles. The Labute approximate surface area is 154 Å². The zero-order valence-electron chi connectivity index (χ0n) is 15.3. The number of hydrogen-bond acceptors (Lipinski definition) is 4. The number of aliphatic hydroxyl groups excluding tert-OH is 1. The molecule has 1 aromatic rings. The van der Waals surface area contributed by atoms with Gasteiger partial charge in [-0.3, -0.25) is 0 Å². The molecule has 2 rings (SSSR count). The first kappa shape index (κ1) is 20.6. The van der Waals surface area contributed by atoms with Crippen molar-refractivity contribution in [1.82, 2.24) is 10.6 Å². The fraction of sp³-hybridized carbons (Fsp3) is 0.611. The minimum atomic E-state index is -3.22. The summed E-state index contributed by atoms with van der Waals surface area (Å²) in [6.45, 7) is 3.40. The quantitative estimate of drug-likeness (QED) is 0.490. The van der Waals surface area contributed by atoms with Crippen molar-refractivity contribution < 1.29 is 17.9 Å². The number of benzene rings is 1. The van der Waals surface area contributed by atoms with Crippen molar-refractivity contribution in [3.8, 4) is 0 Å². The number of aliphatic hydroxyl groups is 1. The van der Waals surface area contributed by atoms with E-state index in [0.29, 0.717) is 30.2 Å². The van der Waals surface area contributed by atoms with Gasteiger partial charge in [0.25, 0.3) is 0 Å². The topological polar surface area (TPSA) is 90.8 Å². The molecule has 0 bridgehead atoms. The maximum Gasteiger partial charge on any atom is 0.191 e. The van der Waals surface area contributed by atoms with Gasteiger partial charge in [-0.15, -0.1) is 0 Å². The van der Waals surface area contributed by atoms with Crippen molar-refractivity contribution >= 4 is 15.8 Å². The Balaban J connectivity index is 2.09. The van der Waals surface area contributed by atoms with Gasteiger partial charge in [0, 0.05) is 25.3 Å². The Kier molecular flexibility index (Phi) is 7.40. The molecular formula is C18H28FN3O3S. The number of rotatable bonds is 7. The third-order valence-electron chi connectivity index (χ3n) is 4.49. The second kappa shape index (κ2) is 9.32. The Morgan fingerprint density at radius 2 is 2.08 bits per heavy atom. The molecule has 1 aliphatic carbocycles. The van der Waals surface area contributed by atoms with E-state index in [1.54, 1.807) is 0 Å². The summed E-state index contributed by atoms with van der Waals surface area (Å²) in [5.74, 6) is 0.214. The van der Waals surface area contributed by atoms with Crippen LogP contribution in [0.4, 0.5) is 4.39 Å². The Morgan fingerprint density at radius 1 is 1.31 bits per heavy atom. The van der Waals surface area contributed by atoms with Gasteiger partial charge in [-0.25, -0.2) is 17.8 Å². The van der Waals surface area contributed by atoms with E-state index < -0.39 is 15.7 Å². The first-order valence-corrected chi connectivity index (χ1v) is 11.0. The van der Waals surface area contributed by atoms with Crippen LogP contribution in [0.15, 0.2) is 23.2 Å². The van der Waals surface area contributed by atoms with Gasteiger partial charge in [-0.2, -0.15) is 0 Å². The van der Waals surface area contributed by atoms with Crippen LogP contribution in [-0.2, 0) is 22.1 Å². The van der Waals surface area contributed by atoms with Gasteiger partial charge in [-0.1, -0.05) is 12.5 Å². The standard InChI is InChI=1S/C18H28FN3O3S/c1-3-20-18(21-10-13-5-4-6-17(13)23)22-11-15-9-16(19)8-7-14(15)12-26(2,24)25/h7-9,13,17,23H,3-6,10-12H2,1-2H3,(H2,20,21,22). The van der Waals surface area contributed by atoms with E-state index in [9.17, 15) is 17.9 Å². The molecule has 0 heterocycles. The summed E-state index contributed by atoms with van der Waals surface area (Å²) in [5, 5.41) is 16.2. The first-order valence-electron chi connectivity index (χ1n) is 8.93. The van der Waals surface area contributed by atoms with Crippen LogP contribution in [0.1, 0.15) is 37.3 Å². The maximum absolute atomic E-state index is 13.6. The van der Waals surface area contributed by atoms with Gasteiger partial charge in [0.15, 0.2) is 15.8 Å². The van der Waals surface area contributed by atoms with Crippen LogP contribution in [0.25, 0.3) is 0 Å². The van der Waals surface area contributed by atoms with Crippen molar-refractivity contribution in [2.24, 2.45) is 10.9 Å². The molecule has 0 aliphatic heterocycles. The van der Waals surface area contributed by atoms with Crippen molar-refractivity contribution in [3.05, 3.63) is 35.1 Å². The summed E-state index contributed by atoms with van der Waals surface area (Å²) in [4.78, 5) is 4.45. The number of halogens is 1.